The Balaban J connectivity index is 1.33. The van der Waals surface area contributed by atoms with E-state index in [4.69, 9.17) is 11.6 Å². The van der Waals surface area contributed by atoms with Gasteiger partial charge in [0.25, 0.3) is 5.91 Å². The molecule has 0 radical (unpaired) electrons. The molecule has 7 heteroatoms. The van der Waals surface area contributed by atoms with Crippen molar-refractivity contribution >= 4 is 17.5 Å². The molecule has 144 valence electrons. The molecule has 1 saturated heterocycles. The first-order valence-corrected chi connectivity index (χ1v) is 9.74. The van der Waals surface area contributed by atoms with Crippen LogP contribution in [0.4, 0.5) is 0 Å². The molecule has 2 aromatic heterocycles. The number of halogens is 1. The number of hydrogen-bond acceptors (Lipinski definition) is 4. The molecule has 4 rings (SSSR count). The minimum atomic E-state index is 0.0305. The zero-order valence-electron chi connectivity index (χ0n) is 15.5. The van der Waals surface area contributed by atoms with Gasteiger partial charge in [0.2, 0.25) is 0 Å². The van der Waals surface area contributed by atoms with Crippen molar-refractivity contribution in [2.45, 2.75) is 13.1 Å². The molecule has 0 N–H and O–H groups in total. The van der Waals surface area contributed by atoms with E-state index in [1.807, 2.05) is 53.6 Å². The molecule has 0 unspecified atom stereocenters. The average molecular weight is 396 g/mol. The lowest BCUT2D eigenvalue weighted by Gasteiger charge is -2.34. The largest absolute Gasteiger partial charge is 0.336 e. The third kappa shape index (κ3) is 4.40. The number of nitrogens with zero attached hydrogens (tertiary/aromatic N) is 5. The second kappa shape index (κ2) is 8.54. The number of benzene rings is 1. The topological polar surface area (TPSA) is 54.3 Å². The van der Waals surface area contributed by atoms with Crippen molar-refractivity contribution in [2.24, 2.45) is 0 Å². The minimum Gasteiger partial charge on any atom is -0.336 e. The van der Waals surface area contributed by atoms with E-state index in [2.05, 4.69) is 15.0 Å². The summed E-state index contributed by atoms with van der Waals surface area (Å²) in [6.07, 6.45) is 5.25. The van der Waals surface area contributed by atoms with Crippen LogP contribution in [0.3, 0.4) is 0 Å². The van der Waals surface area contributed by atoms with Gasteiger partial charge < -0.3 is 4.90 Å². The highest BCUT2D eigenvalue weighted by atomic mass is 35.5. The maximum absolute atomic E-state index is 12.8. The molecule has 0 saturated carbocycles. The molecule has 1 aromatic carbocycles. The van der Waals surface area contributed by atoms with Gasteiger partial charge >= 0.3 is 0 Å². The highest BCUT2D eigenvalue weighted by Crippen LogP contribution is 2.17. The monoisotopic (exact) mass is 395 g/mol. The Morgan fingerprint density at radius 1 is 1.00 bits per heavy atom. The van der Waals surface area contributed by atoms with E-state index in [0.29, 0.717) is 30.2 Å². The Kier molecular flexibility index (Phi) is 5.69. The van der Waals surface area contributed by atoms with Gasteiger partial charge in [-0.2, -0.15) is 5.10 Å². The van der Waals surface area contributed by atoms with Gasteiger partial charge in [0.1, 0.15) is 0 Å². The molecular weight excluding hydrogens is 374 g/mol. The lowest BCUT2D eigenvalue weighted by Crippen LogP contribution is -2.48. The zero-order chi connectivity index (χ0) is 19.3. The molecular formula is C21H22ClN5O. The van der Waals surface area contributed by atoms with Crippen LogP contribution in [0.1, 0.15) is 21.6 Å². The molecule has 3 heterocycles. The normalized spacial score (nSPS) is 15.0. The summed E-state index contributed by atoms with van der Waals surface area (Å²) in [7, 11) is 0. The molecule has 6 nitrogen and oxygen atoms in total. The first-order valence-electron chi connectivity index (χ1n) is 9.36. The van der Waals surface area contributed by atoms with Crippen molar-refractivity contribution < 1.29 is 4.79 Å². The number of aromatic nitrogens is 3. The second-order valence-electron chi connectivity index (χ2n) is 6.91. The average Bonchev–Trinajstić information content (AvgIpc) is 3.19. The molecule has 1 fully saturated rings. The van der Waals surface area contributed by atoms with E-state index in [1.54, 1.807) is 17.1 Å². The number of carbonyl (C=O) groups is 1. The summed E-state index contributed by atoms with van der Waals surface area (Å²) < 4.78 is 1.76. The quantitative estimate of drug-likeness (QED) is 0.666. The number of carbonyl (C=O) groups excluding carboxylic acids is 1. The highest BCUT2D eigenvalue weighted by molar-refractivity contribution is 6.31. The third-order valence-electron chi connectivity index (χ3n) is 4.94. The molecule has 28 heavy (non-hydrogen) atoms. The molecule has 0 spiro atoms. The summed E-state index contributed by atoms with van der Waals surface area (Å²) in [5.74, 6) is 0.0305. The summed E-state index contributed by atoms with van der Waals surface area (Å²) in [6, 6.07) is 13.6. The van der Waals surface area contributed by atoms with Gasteiger partial charge in [0.05, 0.1) is 24.0 Å². The van der Waals surface area contributed by atoms with Crippen LogP contribution >= 0.6 is 11.6 Å². The molecule has 3 aromatic rings. The van der Waals surface area contributed by atoms with Crippen molar-refractivity contribution in [3.8, 4) is 0 Å². The van der Waals surface area contributed by atoms with E-state index < -0.39 is 0 Å². The summed E-state index contributed by atoms with van der Waals surface area (Å²) in [6.45, 7) is 4.47. The fourth-order valence-electron chi connectivity index (χ4n) is 3.37. The highest BCUT2D eigenvalue weighted by Gasteiger charge is 2.23. The van der Waals surface area contributed by atoms with E-state index >= 15 is 0 Å². The van der Waals surface area contributed by atoms with Crippen molar-refractivity contribution in [1.29, 1.82) is 0 Å². The van der Waals surface area contributed by atoms with Crippen LogP contribution in [0, 0.1) is 0 Å². The maximum Gasteiger partial charge on any atom is 0.257 e. The Morgan fingerprint density at radius 3 is 2.54 bits per heavy atom. The number of amides is 1. The zero-order valence-corrected chi connectivity index (χ0v) is 16.3. The van der Waals surface area contributed by atoms with Crippen LogP contribution in [0.25, 0.3) is 0 Å². The predicted octanol–water partition coefficient (Wildman–Crippen LogP) is 2.94. The predicted molar refractivity (Wildman–Crippen MR) is 108 cm³/mol. The lowest BCUT2D eigenvalue weighted by atomic mass is 10.2. The molecule has 1 aliphatic heterocycles. The summed E-state index contributed by atoms with van der Waals surface area (Å²) in [5.41, 5.74) is 2.66. The van der Waals surface area contributed by atoms with Crippen molar-refractivity contribution in [3.63, 3.8) is 0 Å². The van der Waals surface area contributed by atoms with Gasteiger partial charge in [0, 0.05) is 50.1 Å². The van der Waals surface area contributed by atoms with Gasteiger partial charge in [0.15, 0.2) is 0 Å². The molecule has 0 bridgehead atoms. The van der Waals surface area contributed by atoms with E-state index in [-0.39, 0.29) is 5.91 Å². The minimum absolute atomic E-state index is 0.0305. The molecule has 1 amide bonds. The number of pyridine rings is 1. The molecule has 0 atom stereocenters. The van der Waals surface area contributed by atoms with E-state index in [1.165, 1.54) is 0 Å². The summed E-state index contributed by atoms with van der Waals surface area (Å²) >= 11 is 6.21. The first kappa shape index (κ1) is 18.7. The van der Waals surface area contributed by atoms with E-state index in [9.17, 15) is 4.79 Å². The maximum atomic E-state index is 12.8. The SMILES string of the molecule is O=C(c1cnn(Cc2ccccc2Cl)c1)N1CCN(Cc2ccccn2)CC1. The standard InChI is InChI=1S/C21H22ClN5O/c22-20-7-2-1-5-17(20)14-27-15-18(13-24-27)21(28)26-11-9-25(10-12-26)16-19-6-3-4-8-23-19/h1-8,13,15H,9-12,14,16H2. The number of rotatable bonds is 5. The third-order valence-corrected chi connectivity index (χ3v) is 5.31. The Bertz CT molecular complexity index is 935. The number of piperazine rings is 1. The molecule has 1 aliphatic rings. The van der Waals surface area contributed by atoms with Crippen LogP contribution in [-0.2, 0) is 13.1 Å². The first-order chi connectivity index (χ1) is 13.7. The van der Waals surface area contributed by atoms with Gasteiger partial charge in [-0.15, -0.1) is 0 Å². The van der Waals surface area contributed by atoms with Gasteiger partial charge in [-0.05, 0) is 23.8 Å². The van der Waals surface area contributed by atoms with Crippen LogP contribution in [0.5, 0.6) is 0 Å². The van der Waals surface area contributed by atoms with Crippen LogP contribution < -0.4 is 0 Å². The van der Waals surface area contributed by atoms with Crippen LogP contribution in [0.2, 0.25) is 5.02 Å². The van der Waals surface area contributed by atoms with Gasteiger partial charge in [-0.3, -0.25) is 19.4 Å². The second-order valence-corrected chi connectivity index (χ2v) is 7.31. The Hall–Kier alpha value is -2.70. The fraction of sp³-hybridized carbons (Fsp3) is 0.286. The van der Waals surface area contributed by atoms with Crippen LogP contribution in [0.15, 0.2) is 61.1 Å². The lowest BCUT2D eigenvalue weighted by molar-refractivity contribution is 0.0627. The Morgan fingerprint density at radius 2 is 1.79 bits per heavy atom. The van der Waals surface area contributed by atoms with Crippen molar-refractivity contribution in [2.75, 3.05) is 26.2 Å². The van der Waals surface area contributed by atoms with Crippen LogP contribution in [-0.4, -0.2) is 56.7 Å². The Labute approximate surface area is 169 Å². The summed E-state index contributed by atoms with van der Waals surface area (Å²) in [5, 5.41) is 5.03. The smallest absolute Gasteiger partial charge is 0.257 e. The van der Waals surface area contributed by atoms with Crippen molar-refractivity contribution in [1.82, 2.24) is 24.6 Å². The van der Waals surface area contributed by atoms with E-state index in [0.717, 1.165) is 30.9 Å². The van der Waals surface area contributed by atoms with Gasteiger partial charge in [-0.25, -0.2) is 0 Å². The molecule has 0 aliphatic carbocycles. The van der Waals surface area contributed by atoms with Crippen molar-refractivity contribution in [3.05, 3.63) is 82.9 Å². The number of hydrogen-bond donors (Lipinski definition) is 0. The van der Waals surface area contributed by atoms with Gasteiger partial charge in [-0.1, -0.05) is 35.9 Å². The summed E-state index contributed by atoms with van der Waals surface area (Å²) in [4.78, 5) is 21.4. The fourth-order valence-corrected chi connectivity index (χ4v) is 3.57.